The van der Waals surface area contributed by atoms with Gasteiger partial charge in [0, 0.05) is 17.9 Å². The summed E-state index contributed by atoms with van der Waals surface area (Å²) in [5, 5.41) is 0. The van der Waals surface area contributed by atoms with Gasteiger partial charge in [-0.3, -0.25) is 4.79 Å². The van der Waals surface area contributed by atoms with Crippen LogP contribution >= 0.6 is 0 Å². The lowest BCUT2D eigenvalue weighted by atomic mass is 9.59. The molecule has 2 aromatic carbocycles. The van der Waals surface area contributed by atoms with Gasteiger partial charge in [-0.25, -0.2) is 0 Å². The molecule has 119 valence electrons. The summed E-state index contributed by atoms with van der Waals surface area (Å²) in [7, 11) is 0. The largest absolute Gasteiger partial charge is 0.294 e. The van der Waals surface area contributed by atoms with Crippen molar-refractivity contribution in [3.63, 3.8) is 0 Å². The van der Waals surface area contributed by atoms with Crippen molar-refractivity contribution in [3.8, 4) is 0 Å². The average molecular weight is 305 g/mol. The van der Waals surface area contributed by atoms with Crippen LogP contribution in [0.2, 0.25) is 0 Å². The van der Waals surface area contributed by atoms with Crippen molar-refractivity contribution in [2.24, 2.45) is 11.3 Å². The molecule has 1 unspecified atom stereocenters. The molecule has 0 saturated heterocycles. The van der Waals surface area contributed by atoms with Gasteiger partial charge in [0.1, 0.15) is 0 Å². The van der Waals surface area contributed by atoms with E-state index in [1.807, 2.05) is 42.5 Å². The van der Waals surface area contributed by atoms with Crippen molar-refractivity contribution >= 4 is 5.78 Å². The SMILES string of the molecule is CC(C)(C)C1CC[C]1c1ccc(C(=O)Cc2ccccc2)cc1. The maximum Gasteiger partial charge on any atom is 0.167 e. The number of carbonyl (C=O) groups excluding carboxylic acids is 1. The minimum Gasteiger partial charge on any atom is -0.294 e. The fourth-order valence-electron chi connectivity index (χ4n) is 3.49. The highest BCUT2D eigenvalue weighted by Gasteiger charge is 2.40. The van der Waals surface area contributed by atoms with E-state index in [2.05, 4.69) is 32.9 Å². The monoisotopic (exact) mass is 305 g/mol. The lowest BCUT2D eigenvalue weighted by molar-refractivity contribution is 0.0993. The smallest absolute Gasteiger partial charge is 0.167 e. The van der Waals surface area contributed by atoms with Gasteiger partial charge in [-0.15, -0.1) is 0 Å². The van der Waals surface area contributed by atoms with E-state index in [1.54, 1.807) is 5.92 Å². The summed E-state index contributed by atoms with van der Waals surface area (Å²) in [6.45, 7) is 6.94. The number of carbonyl (C=O) groups is 1. The van der Waals surface area contributed by atoms with Crippen LogP contribution in [0.25, 0.3) is 0 Å². The molecule has 1 aliphatic rings. The number of Topliss-reactive ketones (excluding diaryl/α,β-unsaturated/α-hetero) is 1. The Morgan fingerprint density at radius 1 is 1.00 bits per heavy atom. The second-order valence-corrected chi connectivity index (χ2v) is 7.65. The molecule has 1 heteroatoms. The van der Waals surface area contributed by atoms with E-state index in [0.29, 0.717) is 17.8 Å². The molecule has 0 bridgehead atoms. The Balaban J connectivity index is 1.69. The summed E-state index contributed by atoms with van der Waals surface area (Å²) in [4.78, 5) is 12.4. The molecule has 1 saturated carbocycles. The number of rotatable bonds is 4. The zero-order chi connectivity index (χ0) is 16.4. The standard InChI is InChI=1S/C22H25O/c1-22(2,3)20-14-13-19(20)17-9-11-18(12-10-17)21(23)15-16-7-5-4-6-8-16/h4-12,20H,13-15H2,1-3H3. The number of hydrogen-bond acceptors (Lipinski definition) is 1. The quantitative estimate of drug-likeness (QED) is 0.682. The van der Waals surface area contributed by atoms with Gasteiger partial charge in [0.05, 0.1) is 0 Å². The van der Waals surface area contributed by atoms with E-state index in [0.717, 1.165) is 11.1 Å². The van der Waals surface area contributed by atoms with Crippen molar-refractivity contribution in [2.75, 3.05) is 0 Å². The predicted molar refractivity (Wildman–Crippen MR) is 95.4 cm³/mol. The highest BCUT2D eigenvalue weighted by molar-refractivity contribution is 5.97. The summed E-state index contributed by atoms with van der Waals surface area (Å²) in [6.07, 6.45) is 2.95. The Kier molecular flexibility index (Phi) is 4.39. The van der Waals surface area contributed by atoms with E-state index in [-0.39, 0.29) is 5.78 Å². The van der Waals surface area contributed by atoms with Crippen LogP contribution in [-0.4, -0.2) is 5.78 Å². The van der Waals surface area contributed by atoms with Crippen LogP contribution in [0.5, 0.6) is 0 Å². The molecule has 1 nitrogen and oxygen atoms in total. The van der Waals surface area contributed by atoms with Crippen LogP contribution < -0.4 is 0 Å². The molecule has 2 aromatic rings. The second kappa shape index (κ2) is 6.31. The Morgan fingerprint density at radius 2 is 1.65 bits per heavy atom. The van der Waals surface area contributed by atoms with Crippen LogP contribution in [0.4, 0.5) is 0 Å². The normalized spacial score (nSPS) is 18.5. The number of ketones is 1. The Labute approximate surface area is 139 Å². The van der Waals surface area contributed by atoms with Crippen LogP contribution in [0, 0.1) is 17.3 Å². The molecule has 1 radical (unpaired) electrons. The highest BCUT2D eigenvalue weighted by Crippen LogP contribution is 2.50. The second-order valence-electron chi connectivity index (χ2n) is 7.65. The van der Waals surface area contributed by atoms with E-state index >= 15 is 0 Å². The first-order chi connectivity index (χ1) is 10.9. The molecule has 0 aromatic heterocycles. The maximum atomic E-state index is 12.4. The Bertz CT molecular complexity index is 661. The molecular weight excluding hydrogens is 280 g/mol. The van der Waals surface area contributed by atoms with Crippen molar-refractivity contribution in [1.29, 1.82) is 0 Å². The van der Waals surface area contributed by atoms with E-state index < -0.39 is 0 Å². The van der Waals surface area contributed by atoms with Crippen molar-refractivity contribution in [3.05, 3.63) is 77.2 Å². The van der Waals surface area contributed by atoms with Crippen LogP contribution in [0.15, 0.2) is 54.6 Å². The maximum absolute atomic E-state index is 12.4. The van der Waals surface area contributed by atoms with Crippen molar-refractivity contribution < 1.29 is 4.79 Å². The lowest BCUT2D eigenvalue weighted by Gasteiger charge is -2.45. The molecular formula is C22H25O. The van der Waals surface area contributed by atoms with Gasteiger partial charge in [0.2, 0.25) is 0 Å². The number of hydrogen-bond donors (Lipinski definition) is 0. The summed E-state index contributed by atoms with van der Waals surface area (Å²) in [5.41, 5.74) is 3.52. The highest BCUT2D eigenvalue weighted by atomic mass is 16.1. The van der Waals surface area contributed by atoms with Gasteiger partial charge in [-0.1, -0.05) is 75.4 Å². The molecule has 0 N–H and O–H groups in total. The van der Waals surface area contributed by atoms with E-state index in [4.69, 9.17) is 0 Å². The van der Waals surface area contributed by atoms with Crippen LogP contribution in [-0.2, 0) is 6.42 Å². The van der Waals surface area contributed by atoms with Gasteiger partial charge < -0.3 is 0 Å². The average Bonchev–Trinajstić information content (AvgIpc) is 2.46. The first kappa shape index (κ1) is 16.0. The molecule has 1 aliphatic carbocycles. The molecule has 1 fully saturated rings. The molecule has 0 aliphatic heterocycles. The van der Waals surface area contributed by atoms with Crippen molar-refractivity contribution in [2.45, 2.75) is 40.0 Å². The fourth-order valence-corrected chi connectivity index (χ4v) is 3.49. The van der Waals surface area contributed by atoms with E-state index in [9.17, 15) is 4.79 Å². The summed E-state index contributed by atoms with van der Waals surface area (Å²) < 4.78 is 0. The summed E-state index contributed by atoms with van der Waals surface area (Å²) in [6, 6.07) is 18.2. The Hall–Kier alpha value is -1.89. The first-order valence-electron chi connectivity index (χ1n) is 8.48. The Morgan fingerprint density at radius 3 is 2.17 bits per heavy atom. The zero-order valence-electron chi connectivity index (χ0n) is 14.3. The van der Waals surface area contributed by atoms with Gasteiger partial charge in [0.15, 0.2) is 5.78 Å². The van der Waals surface area contributed by atoms with E-state index in [1.165, 1.54) is 18.4 Å². The van der Waals surface area contributed by atoms with Crippen molar-refractivity contribution in [1.82, 2.24) is 0 Å². The fraction of sp³-hybridized carbons (Fsp3) is 0.364. The minimum absolute atomic E-state index is 0.189. The molecule has 0 heterocycles. The molecule has 3 rings (SSSR count). The molecule has 23 heavy (non-hydrogen) atoms. The third-order valence-electron chi connectivity index (χ3n) is 4.95. The summed E-state index contributed by atoms with van der Waals surface area (Å²) in [5.74, 6) is 2.42. The molecule has 1 atom stereocenters. The first-order valence-corrected chi connectivity index (χ1v) is 8.48. The van der Waals surface area contributed by atoms with Crippen LogP contribution in [0.1, 0.15) is 55.1 Å². The minimum atomic E-state index is 0.189. The molecule has 0 amide bonds. The number of benzene rings is 2. The van der Waals surface area contributed by atoms with Gasteiger partial charge in [-0.05, 0) is 35.3 Å². The van der Waals surface area contributed by atoms with Gasteiger partial charge in [-0.2, -0.15) is 0 Å². The van der Waals surface area contributed by atoms with Crippen LogP contribution in [0.3, 0.4) is 0 Å². The third-order valence-corrected chi connectivity index (χ3v) is 4.95. The third kappa shape index (κ3) is 3.55. The molecule has 0 spiro atoms. The summed E-state index contributed by atoms with van der Waals surface area (Å²) >= 11 is 0. The predicted octanol–water partition coefficient (Wildman–Crippen LogP) is 5.49. The zero-order valence-corrected chi connectivity index (χ0v) is 14.3. The topological polar surface area (TPSA) is 17.1 Å². The van der Waals surface area contributed by atoms with Gasteiger partial charge in [0.25, 0.3) is 0 Å². The lowest BCUT2D eigenvalue weighted by Crippen LogP contribution is -2.35. The van der Waals surface area contributed by atoms with Gasteiger partial charge >= 0.3 is 0 Å².